The van der Waals surface area contributed by atoms with Crippen molar-refractivity contribution >= 4 is 10.0 Å². The number of nitrogens with zero attached hydrogens (tertiary/aromatic N) is 3. The smallest absolute Gasteiger partial charge is 0.244 e. The highest BCUT2D eigenvalue weighted by Gasteiger charge is 2.32. The summed E-state index contributed by atoms with van der Waals surface area (Å²) in [6.07, 6.45) is 5.28. The molecular weight excluding hydrogens is 330 g/mol. The van der Waals surface area contributed by atoms with Crippen molar-refractivity contribution in [2.75, 3.05) is 19.8 Å². The van der Waals surface area contributed by atoms with Crippen LogP contribution >= 0.6 is 0 Å². The van der Waals surface area contributed by atoms with Crippen LogP contribution in [0.1, 0.15) is 36.1 Å². The Bertz CT molecular complexity index is 813. The highest BCUT2D eigenvalue weighted by atomic mass is 32.2. The zero-order valence-corrected chi connectivity index (χ0v) is 14.0. The lowest BCUT2D eigenvalue weighted by Crippen LogP contribution is -2.35. The van der Waals surface area contributed by atoms with Gasteiger partial charge in [-0.05, 0) is 25.0 Å². The Labute approximate surface area is 140 Å². The maximum absolute atomic E-state index is 12.7. The third-order valence-electron chi connectivity index (χ3n) is 4.55. The van der Waals surface area contributed by atoms with E-state index in [-0.39, 0.29) is 17.4 Å². The van der Waals surface area contributed by atoms with Gasteiger partial charge in [0.05, 0.1) is 12.2 Å². The molecule has 0 radical (unpaired) electrons. The minimum Gasteiger partial charge on any atom is -0.445 e. The van der Waals surface area contributed by atoms with Crippen LogP contribution in [-0.4, -0.2) is 42.4 Å². The number of hydrogen-bond donors (Lipinski definition) is 0. The average molecular weight is 349 g/mol. The Balaban J connectivity index is 1.56. The number of ether oxygens (including phenoxy) is 1. The topological polar surface area (TPSA) is 85.5 Å². The minimum absolute atomic E-state index is 0.210. The molecule has 2 aliphatic heterocycles. The van der Waals surface area contributed by atoms with E-state index in [1.807, 2.05) is 0 Å². The van der Waals surface area contributed by atoms with E-state index in [0.29, 0.717) is 13.0 Å². The van der Waals surface area contributed by atoms with Gasteiger partial charge in [-0.2, -0.15) is 4.31 Å². The van der Waals surface area contributed by atoms with E-state index in [4.69, 9.17) is 9.15 Å². The molecule has 2 aliphatic rings. The molecular formula is C16H19N3O4S. The molecule has 4 rings (SSSR count). The number of aromatic nitrogens is 2. The van der Waals surface area contributed by atoms with Gasteiger partial charge in [-0.15, -0.1) is 0 Å². The molecule has 128 valence electrons. The van der Waals surface area contributed by atoms with Crippen LogP contribution in [0, 0.1) is 0 Å². The molecule has 0 atom stereocenters. The van der Waals surface area contributed by atoms with E-state index >= 15 is 0 Å². The van der Waals surface area contributed by atoms with Gasteiger partial charge in [-0.3, -0.25) is 4.98 Å². The SMILES string of the molecule is O=S(=O)(c1cccnc1)N1CCc2oc(C3CCOCC3)nc2C1. The third-order valence-corrected chi connectivity index (χ3v) is 6.38. The van der Waals surface area contributed by atoms with Gasteiger partial charge in [0.2, 0.25) is 10.0 Å². The molecule has 2 aromatic rings. The lowest BCUT2D eigenvalue weighted by atomic mass is 10.0. The van der Waals surface area contributed by atoms with Gasteiger partial charge in [-0.25, -0.2) is 13.4 Å². The highest BCUT2D eigenvalue weighted by Crippen LogP contribution is 2.31. The van der Waals surface area contributed by atoms with Gasteiger partial charge in [0.15, 0.2) is 5.89 Å². The summed E-state index contributed by atoms with van der Waals surface area (Å²) in [7, 11) is -3.55. The van der Waals surface area contributed by atoms with Crippen LogP contribution in [0.15, 0.2) is 33.8 Å². The van der Waals surface area contributed by atoms with E-state index < -0.39 is 10.0 Å². The van der Waals surface area contributed by atoms with E-state index in [1.54, 1.807) is 18.3 Å². The summed E-state index contributed by atoms with van der Waals surface area (Å²) in [5, 5.41) is 0. The van der Waals surface area contributed by atoms with Gasteiger partial charge in [0.25, 0.3) is 0 Å². The van der Waals surface area contributed by atoms with Crippen molar-refractivity contribution in [1.82, 2.24) is 14.3 Å². The number of pyridine rings is 1. The molecule has 0 amide bonds. The zero-order chi connectivity index (χ0) is 16.6. The molecule has 0 spiro atoms. The van der Waals surface area contributed by atoms with Crippen LogP contribution in [0.4, 0.5) is 0 Å². The predicted molar refractivity (Wildman–Crippen MR) is 84.8 cm³/mol. The molecule has 0 N–H and O–H groups in total. The molecule has 0 aliphatic carbocycles. The van der Waals surface area contributed by atoms with Gasteiger partial charge in [0, 0.05) is 44.5 Å². The van der Waals surface area contributed by atoms with E-state index in [0.717, 1.165) is 43.4 Å². The van der Waals surface area contributed by atoms with Crippen molar-refractivity contribution in [2.45, 2.75) is 36.6 Å². The molecule has 8 heteroatoms. The second-order valence-electron chi connectivity index (χ2n) is 6.09. The molecule has 24 heavy (non-hydrogen) atoms. The summed E-state index contributed by atoms with van der Waals surface area (Å²) >= 11 is 0. The van der Waals surface area contributed by atoms with E-state index in [1.165, 1.54) is 10.5 Å². The first-order chi connectivity index (χ1) is 11.6. The quantitative estimate of drug-likeness (QED) is 0.838. The molecule has 0 unspecified atom stereocenters. The second-order valence-corrected chi connectivity index (χ2v) is 8.02. The van der Waals surface area contributed by atoms with Crippen LogP contribution in [-0.2, 0) is 27.7 Å². The van der Waals surface area contributed by atoms with Crippen molar-refractivity contribution in [2.24, 2.45) is 0 Å². The molecule has 2 aromatic heterocycles. The Morgan fingerprint density at radius 3 is 2.83 bits per heavy atom. The molecule has 4 heterocycles. The maximum atomic E-state index is 12.7. The van der Waals surface area contributed by atoms with Crippen molar-refractivity contribution in [3.63, 3.8) is 0 Å². The first-order valence-corrected chi connectivity index (χ1v) is 9.55. The first kappa shape index (κ1) is 15.7. The van der Waals surface area contributed by atoms with Crippen LogP contribution in [0.2, 0.25) is 0 Å². The summed E-state index contributed by atoms with van der Waals surface area (Å²) < 4.78 is 38.2. The average Bonchev–Trinajstić information content (AvgIpc) is 3.06. The lowest BCUT2D eigenvalue weighted by Gasteiger charge is -2.24. The number of sulfonamides is 1. The van der Waals surface area contributed by atoms with Crippen molar-refractivity contribution in [3.8, 4) is 0 Å². The summed E-state index contributed by atoms with van der Waals surface area (Å²) in [5.41, 5.74) is 0.732. The Hall–Kier alpha value is -1.77. The standard InChI is InChI=1S/C16H19N3O4S/c20-24(21,13-2-1-6-17-10-13)19-7-3-15-14(11-19)18-16(23-15)12-4-8-22-9-5-12/h1-2,6,10,12H,3-5,7-9,11H2. The Morgan fingerprint density at radius 2 is 2.08 bits per heavy atom. The maximum Gasteiger partial charge on any atom is 0.244 e. The summed E-state index contributed by atoms with van der Waals surface area (Å²) in [4.78, 5) is 8.70. The fourth-order valence-corrected chi connectivity index (χ4v) is 4.53. The van der Waals surface area contributed by atoms with Crippen LogP contribution in [0.25, 0.3) is 0 Å². The third kappa shape index (κ3) is 2.85. The summed E-state index contributed by atoms with van der Waals surface area (Å²) in [6.45, 7) is 2.09. The van der Waals surface area contributed by atoms with Gasteiger partial charge < -0.3 is 9.15 Å². The van der Waals surface area contributed by atoms with Crippen LogP contribution < -0.4 is 0 Å². The lowest BCUT2D eigenvalue weighted by molar-refractivity contribution is 0.0791. The number of oxazole rings is 1. The fraction of sp³-hybridized carbons (Fsp3) is 0.500. The first-order valence-electron chi connectivity index (χ1n) is 8.11. The molecule has 7 nitrogen and oxygen atoms in total. The van der Waals surface area contributed by atoms with Gasteiger partial charge >= 0.3 is 0 Å². The molecule has 1 fully saturated rings. The summed E-state index contributed by atoms with van der Waals surface area (Å²) in [5.74, 6) is 1.81. The second kappa shape index (κ2) is 6.27. The normalized spacial score (nSPS) is 20.0. The molecule has 1 saturated heterocycles. The number of rotatable bonds is 3. The minimum atomic E-state index is -3.55. The Morgan fingerprint density at radius 1 is 1.25 bits per heavy atom. The number of hydrogen-bond acceptors (Lipinski definition) is 6. The molecule has 0 bridgehead atoms. The zero-order valence-electron chi connectivity index (χ0n) is 13.2. The predicted octanol–water partition coefficient (Wildman–Crippen LogP) is 1.71. The van der Waals surface area contributed by atoms with Crippen molar-refractivity contribution < 1.29 is 17.6 Å². The van der Waals surface area contributed by atoms with Gasteiger partial charge in [-0.1, -0.05) is 0 Å². The fourth-order valence-electron chi connectivity index (χ4n) is 3.17. The largest absolute Gasteiger partial charge is 0.445 e. The summed E-state index contributed by atoms with van der Waals surface area (Å²) in [6, 6.07) is 3.19. The molecule has 0 aromatic carbocycles. The van der Waals surface area contributed by atoms with Crippen LogP contribution in [0.5, 0.6) is 0 Å². The van der Waals surface area contributed by atoms with Gasteiger partial charge in [0.1, 0.15) is 10.7 Å². The Kier molecular flexibility index (Phi) is 4.11. The monoisotopic (exact) mass is 349 g/mol. The van der Waals surface area contributed by atoms with Crippen molar-refractivity contribution in [3.05, 3.63) is 41.9 Å². The van der Waals surface area contributed by atoms with Crippen molar-refractivity contribution in [1.29, 1.82) is 0 Å². The highest BCUT2D eigenvalue weighted by molar-refractivity contribution is 7.89. The van der Waals surface area contributed by atoms with E-state index in [2.05, 4.69) is 9.97 Å². The van der Waals surface area contributed by atoms with Crippen LogP contribution in [0.3, 0.4) is 0 Å². The molecule has 0 saturated carbocycles. The van der Waals surface area contributed by atoms with E-state index in [9.17, 15) is 8.42 Å². The number of fused-ring (bicyclic) bond motifs is 1.